The average molecular weight is 206 g/mol. The molecule has 0 amide bonds. The van der Waals surface area contributed by atoms with Crippen LogP contribution >= 0.6 is 0 Å². The Morgan fingerprint density at radius 1 is 1.33 bits per heavy atom. The SMILES string of the molecule is CCC(C)(O)C(=O)Cc1ccc(C)cc1. The predicted octanol–water partition coefficient (Wildman–Crippen LogP) is 2.27. The summed E-state index contributed by atoms with van der Waals surface area (Å²) in [6.45, 7) is 5.39. The van der Waals surface area contributed by atoms with Crippen LogP contribution in [0.5, 0.6) is 0 Å². The largest absolute Gasteiger partial charge is 0.382 e. The van der Waals surface area contributed by atoms with E-state index in [1.54, 1.807) is 6.92 Å². The highest BCUT2D eigenvalue weighted by Gasteiger charge is 2.27. The van der Waals surface area contributed by atoms with Crippen LogP contribution in [0.15, 0.2) is 24.3 Å². The topological polar surface area (TPSA) is 37.3 Å². The summed E-state index contributed by atoms with van der Waals surface area (Å²) in [5.41, 5.74) is 0.943. The van der Waals surface area contributed by atoms with Crippen LogP contribution in [0.1, 0.15) is 31.4 Å². The van der Waals surface area contributed by atoms with Crippen molar-refractivity contribution in [3.05, 3.63) is 35.4 Å². The third-order valence-corrected chi connectivity index (χ3v) is 2.77. The Labute approximate surface area is 90.9 Å². The molecule has 0 radical (unpaired) electrons. The maximum Gasteiger partial charge on any atom is 0.168 e. The van der Waals surface area contributed by atoms with Gasteiger partial charge in [-0.25, -0.2) is 0 Å². The van der Waals surface area contributed by atoms with Gasteiger partial charge in [0.25, 0.3) is 0 Å². The molecular formula is C13H18O2. The molecule has 1 rings (SSSR count). The lowest BCUT2D eigenvalue weighted by Gasteiger charge is -2.19. The Balaban J connectivity index is 2.71. The fraction of sp³-hybridized carbons (Fsp3) is 0.462. The number of ketones is 1. The van der Waals surface area contributed by atoms with Crippen molar-refractivity contribution in [1.82, 2.24) is 0 Å². The molecular weight excluding hydrogens is 188 g/mol. The van der Waals surface area contributed by atoms with Crippen molar-refractivity contribution in [2.75, 3.05) is 0 Å². The first-order valence-corrected chi connectivity index (χ1v) is 5.27. The van der Waals surface area contributed by atoms with E-state index in [0.717, 1.165) is 5.56 Å². The van der Waals surface area contributed by atoms with Crippen molar-refractivity contribution in [2.24, 2.45) is 0 Å². The van der Waals surface area contributed by atoms with Crippen LogP contribution in [0.2, 0.25) is 0 Å². The summed E-state index contributed by atoms with van der Waals surface area (Å²) in [4.78, 5) is 11.7. The van der Waals surface area contributed by atoms with Crippen molar-refractivity contribution in [2.45, 2.75) is 39.2 Å². The van der Waals surface area contributed by atoms with Gasteiger partial charge in [0.2, 0.25) is 0 Å². The highest BCUT2D eigenvalue weighted by molar-refractivity contribution is 5.88. The summed E-state index contributed by atoms with van der Waals surface area (Å²) in [7, 11) is 0. The molecule has 1 aromatic carbocycles. The zero-order valence-electron chi connectivity index (χ0n) is 9.58. The normalized spacial score (nSPS) is 14.7. The lowest BCUT2D eigenvalue weighted by Crippen LogP contribution is -2.35. The number of carbonyl (C=O) groups is 1. The first kappa shape index (κ1) is 11.9. The van der Waals surface area contributed by atoms with Gasteiger partial charge in [0, 0.05) is 6.42 Å². The van der Waals surface area contributed by atoms with Crippen LogP contribution < -0.4 is 0 Å². The van der Waals surface area contributed by atoms with Gasteiger partial charge in [-0.1, -0.05) is 36.8 Å². The van der Waals surface area contributed by atoms with Crippen molar-refractivity contribution in [1.29, 1.82) is 0 Å². The summed E-state index contributed by atoms with van der Waals surface area (Å²) in [6, 6.07) is 7.81. The molecule has 0 spiro atoms. The van der Waals surface area contributed by atoms with Gasteiger partial charge in [0.05, 0.1) is 0 Å². The summed E-state index contributed by atoms with van der Waals surface area (Å²) < 4.78 is 0. The lowest BCUT2D eigenvalue weighted by molar-refractivity contribution is -0.135. The molecule has 0 fully saturated rings. The molecule has 0 saturated heterocycles. The van der Waals surface area contributed by atoms with Crippen molar-refractivity contribution in [3.63, 3.8) is 0 Å². The van der Waals surface area contributed by atoms with Gasteiger partial charge < -0.3 is 5.11 Å². The minimum atomic E-state index is -1.19. The van der Waals surface area contributed by atoms with E-state index in [0.29, 0.717) is 12.8 Å². The van der Waals surface area contributed by atoms with E-state index in [9.17, 15) is 9.90 Å². The molecule has 15 heavy (non-hydrogen) atoms. The van der Waals surface area contributed by atoms with Gasteiger partial charge in [0.15, 0.2) is 5.78 Å². The number of rotatable bonds is 4. The van der Waals surface area contributed by atoms with Gasteiger partial charge in [0.1, 0.15) is 5.60 Å². The van der Waals surface area contributed by atoms with Gasteiger partial charge >= 0.3 is 0 Å². The minimum absolute atomic E-state index is 0.117. The summed E-state index contributed by atoms with van der Waals surface area (Å²) in [6.07, 6.45) is 0.763. The molecule has 82 valence electrons. The van der Waals surface area contributed by atoms with E-state index in [2.05, 4.69) is 0 Å². The smallest absolute Gasteiger partial charge is 0.168 e. The zero-order valence-corrected chi connectivity index (χ0v) is 9.58. The molecule has 1 unspecified atom stereocenters. The number of carbonyl (C=O) groups excluding carboxylic acids is 1. The second-order valence-electron chi connectivity index (χ2n) is 4.21. The number of Topliss-reactive ketones (excluding diaryl/α,β-unsaturated/α-hetero) is 1. The zero-order chi connectivity index (χ0) is 11.5. The number of hydrogen-bond acceptors (Lipinski definition) is 2. The maximum atomic E-state index is 11.7. The Morgan fingerprint density at radius 3 is 2.33 bits per heavy atom. The predicted molar refractivity (Wildman–Crippen MR) is 60.8 cm³/mol. The monoisotopic (exact) mass is 206 g/mol. The second-order valence-corrected chi connectivity index (χ2v) is 4.21. The maximum absolute atomic E-state index is 11.7. The minimum Gasteiger partial charge on any atom is -0.382 e. The van der Waals surface area contributed by atoms with Crippen LogP contribution in [-0.4, -0.2) is 16.5 Å². The molecule has 0 saturated carbocycles. The Bertz CT molecular complexity index is 336. The molecule has 0 aliphatic rings. The molecule has 0 bridgehead atoms. The van der Waals surface area contributed by atoms with E-state index < -0.39 is 5.60 Å². The highest BCUT2D eigenvalue weighted by atomic mass is 16.3. The Hall–Kier alpha value is -1.15. The fourth-order valence-corrected chi connectivity index (χ4v) is 1.28. The van der Waals surface area contributed by atoms with Crippen LogP contribution in [-0.2, 0) is 11.2 Å². The molecule has 1 aromatic rings. The van der Waals surface area contributed by atoms with Crippen LogP contribution in [0, 0.1) is 6.92 Å². The van der Waals surface area contributed by atoms with Crippen molar-refractivity contribution >= 4 is 5.78 Å². The van der Waals surface area contributed by atoms with Crippen LogP contribution in [0.3, 0.4) is 0 Å². The molecule has 0 aromatic heterocycles. The quantitative estimate of drug-likeness (QED) is 0.820. The third kappa shape index (κ3) is 3.17. The van der Waals surface area contributed by atoms with E-state index in [4.69, 9.17) is 0 Å². The van der Waals surface area contributed by atoms with E-state index in [1.165, 1.54) is 5.56 Å². The molecule has 2 heteroatoms. The van der Waals surface area contributed by atoms with Crippen molar-refractivity contribution < 1.29 is 9.90 Å². The fourth-order valence-electron chi connectivity index (χ4n) is 1.28. The Kier molecular flexibility index (Phi) is 3.64. The molecule has 0 aliphatic carbocycles. The summed E-state index contributed by atoms with van der Waals surface area (Å²) >= 11 is 0. The van der Waals surface area contributed by atoms with Gasteiger partial charge in [-0.15, -0.1) is 0 Å². The standard InChI is InChI=1S/C13H18O2/c1-4-13(3,15)12(14)9-11-7-5-10(2)6-8-11/h5-8,15H,4,9H2,1-3H3. The van der Waals surface area contributed by atoms with Gasteiger partial charge in [-0.3, -0.25) is 4.79 Å². The number of aryl methyl sites for hydroxylation is 1. The molecule has 2 nitrogen and oxygen atoms in total. The summed E-state index contributed by atoms with van der Waals surface area (Å²) in [5, 5.41) is 9.76. The molecule has 1 N–H and O–H groups in total. The molecule has 0 aliphatic heterocycles. The van der Waals surface area contributed by atoms with Crippen LogP contribution in [0.25, 0.3) is 0 Å². The van der Waals surface area contributed by atoms with Gasteiger partial charge in [-0.05, 0) is 25.8 Å². The lowest BCUT2D eigenvalue weighted by atomic mass is 9.93. The second kappa shape index (κ2) is 4.58. The number of benzene rings is 1. The van der Waals surface area contributed by atoms with Gasteiger partial charge in [-0.2, -0.15) is 0 Å². The average Bonchev–Trinajstić information content (AvgIpc) is 2.21. The first-order valence-electron chi connectivity index (χ1n) is 5.27. The summed E-state index contributed by atoms with van der Waals surface area (Å²) in [5.74, 6) is -0.117. The van der Waals surface area contributed by atoms with Crippen molar-refractivity contribution in [3.8, 4) is 0 Å². The first-order chi connectivity index (χ1) is 6.95. The number of hydrogen-bond donors (Lipinski definition) is 1. The highest BCUT2D eigenvalue weighted by Crippen LogP contribution is 2.14. The van der Waals surface area contributed by atoms with E-state index in [1.807, 2.05) is 38.1 Å². The molecule has 0 heterocycles. The van der Waals surface area contributed by atoms with Crippen LogP contribution in [0.4, 0.5) is 0 Å². The number of aliphatic hydroxyl groups is 1. The van der Waals surface area contributed by atoms with E-state index >= 15 is 0 Å². The van der Waals surface area contributed by atoms with E-state index in [-0.39, 0.29) is 5.78 Å². The molecule has 1 atom stereocenters. The Morgan fingerprint density at radius 2 is 1.87 bits per heavy atom. The third-order valence-electron chi connectivity index (χ3n) is 2.77.